The van der Waals surface area contributed by atoms with Gasteiger partial charge in [0.1, 0.15) is 23.0 Å². The number of benzene rings is 1. The van der Waals surface area contributed by atoms with Gasteiger partial charge in [-0.15, -0.1) is 5.73 Å². The molecule has 7 nitrogen and oxygen atoms in total. The van der Waals surface area contributed by atoms with Gasteiger partial charge in [0.05, 0.1) is 14.2 Å². The second kappa shape index (κ2) is 18.7. The molecule has 0 bridgehead atoms. The third-order valence-corrected chi connectivity index (χ3v) is 3.82. The van der Waals surface area contributed by atoms with Gasteiger partial charge in [-0.05, 0) is 49.7 Å². The Morgan fingerprint density at radius 3 is 2.20 bits per heavy atom. The molecule has 0 aliphatic carbocycles. The fourth-order valence-corrected chi connectivity index (χ4v) is 2.39. The van der Waals surface area contributed by atoms with Crippen molar-refractivity contribution in [3.63, 3.8) is 0 Å². The van der Waals surface area contributed by atoms with Gasteiger partial charge in [-0.3, -0.25) is 14.6 Å². The van der Waals surface area contributed by atoms with Crippen molar-refractivity contribution in [3.05, 3.63) is 109 Å². The van der Waals surface area contributed by atoms with Crippen molar-refractivity contribution in [1.29, 1.82) is 0 Å². The van der Waals surface area contributed by atoms with Crippen molar-refractivity contribution in [3.8, 4) is 11.5 Å². The maximum Gasteiger partial charge on any atom is 0.289 e. The number of nitrogens with zero attached hydrogens (tertiary/aromatic N) is 2. The average Bonchev–Trinajstić information content (AvgIpc) is 2.87. The summed E-state index contributed by atoms with van der Waals surface area (Å²) in [6, 6.07) is 10.3. The second-order valence-corrected chi connectivity index (χ2v) is 6.43. The zero-order valence-electron chi connectivity index (χ0n) is 20.3. The standard InChI is InChI=1S/C19H21N3O4.C6H4.C3H4/c1-13(21-22-19(24)17-6-4-5-9-20-17)10-15(23)11-14-7-8-16(25-2)12-18(14)26-3;1-3-5-6-4-2;1-3-2/h4-9,12H,10-11H2,1-3H3,(H,22,24);1-2H2;1-2H2/b21-13+;;. The van der Waals surface area contributed by atoms with Crippen LogP contribution in [0.5, 0.6) is 11.5 Å². The van der Waals surface area contributed by atoms with E-state index in [1.54, 1.807) is 57.5 Å². The number of carbonyl (C=O) groups is 2. The minimum Gasteiger partial charge on any atom is -0.497 e. The lowest BCUT2D eigenvalue weighted by Gasteiger charge is -2.10. The van der Waals surface area contributed by atoms with Crippen LogP contribution in [0.1, 0.15) is 29.4 Å². The van der Waals surface area contributed by atoms with E-state index in [0.29, 0.717) is 17.2 Å². The molecule has 0 spiro atoms. The molecule has 0 aliphatic rings. The van der Waals surface area contributed by atoms with Crippen LogP contribution in [0.2, 0.25) is 0 Å². The largest absolute Gasteiger partial charge is 0.497 e. The Morgan fingerprint density at radius 1 is 1.03 bits per heavy atom. The van der Waals surface area contributed by atoms with E-state index in [2.05, 4.69) is 70.5 Å². The fraction of sp³-hybridized carbons (Fsp3) is 0.179. The molecule has 1 heterocycles. The molecule has 0 fully saturated rings. The number of ketones is 1. The van der Waals surface area contributed by atoms with E-state index in [0.717, 1.165) is 5.56 Å². The van der Waals surface area contributed by atoms with E-state index in [1.165, 1.54) is 6.20 Å². The van der Waals surface area contributed by atoms with Gasteiger partial charge in [0.15, 0.2) is 0 Å². The van der Waals surface area contributed by atoms with E-state index in [-0.39, 0.29) is 24.3 Å². The van der Waals surface area contributed by atoms with Gasteiger partial charge in [0, 0.05) is 36.4 Å². The molecule has 2 aromatic rings. The Bertz CT molecular complexity index is 1170. The summed E-state index contributed by atoms with van der Waals surface area (Å²) in [6.07, 6.45) is 1.85. The monoisotopic (exact) mass is 471 g/mol. The molecule has 1 amide bonds. The summed E-state index contributed by atoms with van der Waals surface area (Å²) < 4.78 is 10.4. The first-order valence-corrected chi connectivity index (χ1v) is 10.2. The molecular formula is C28H29N3O4. The molecule has 1 N–H and O–H groups in total. The van der Waals surface area contributed by atoms with Crippen LogP contribution in [0.15, 0.2) is 103 Å². The summed E-state index contributed by atoms with van der Waals surface area (Å²) in [5.41, 5.74) is 15.7. The van der Waals surface area contributed by atoms with Gasteiger partial charge in [-0.1, -0.05) is 36.8 Å². The number of hydrogen-bond acceptors (Lipinski definition) is 6. The number of nitrogens with one attached hydrogen (secondary N) is 1. The summed E-state index contributed by atoms with van der Waals surface area (Å²) in [6.45, 7) is 14.4. The molecule has 0 atom stereocenters. The average molecular weight is 472 g/mol. The summed E-state index contributed by atoms with van der Waals surface area (Å²) >= 11 is 0. The Kier molecular flexibility index (Phi) is 16.1. The Labute approximate surface area is 206 Å². The number of hydrazone groups is 1. The Balaban J connectivity index is 0.00000110. The smallest absolute Gasteiger partial charge is 0.289 e. The first kappa shape index (κ1) is 30.2. The first-order chi connectivity index (χ1) is 16.9. The maximum atomic E-state index is 12.3. The molecule has 7 heteroatoms. The third kappa shape index (κ3) is 13.3. The molecular weight excluding hydrogens is 442 g/mol. The predicted octanol–water partition coefficient (Wildman–Crippen LogP) is 4.79. The zero-order chi connectivity index (χ0) is 26.5. The Morgan fingerprint density at radius 2 is 1.69 bits per heavy atom. The number of carbonyl (C=O) groups excluding carboxylic acids is 2. The van der Waals surface area contributed by atoms with Crippen molar-refractivity contribution < 1.29 is 19.1 Å². The van der Waals surface area contributed by atoms with Crippen molar-refractivity contribution >= 4 is 17.4 Å². The van der Waals surface area contributed by atoms with Gasteiger partial charge in [-0.2, -0.15) is 5.10 Å². The number of aromatic nitrogens is 1. The van der Waals surface area contributed by atoms with Gasteiger partial charge in [0.2, 0.25) is 0 Å². The number of rotatable bonds is 8. The summed E-state index contributed by atoms with van der Waals surface area (Å²) in [7, 11) is 3.11. The van der Waals surface area contributed by atoms with Crippen LogP contribution in [-0.2, 0) is 11.2 Å². The van der Waals surface area contributed by atoms with Crippen LogP contribution in [0.4, 0.5) is 0 Å². The van der Waals surface area contributed by atoms with Crippen LogP contribution in [-0.4, -0.2) is 36.6 Å². The number of ether oxygens (including phenoxy) is 2. The fourth-order valence-electron chi connectivity index (χ4n) is 2.39. The molecule has 0 saturated carbocycles. The van der Waals surface area contributed by atoms with Gasteiger partial charge >= 0.3 is 0 Å². The minimum atomic E-state index is -0.422. The summed E-state index contributed by atoms with van der Waals surface area (Å²) in [5, 5.41) is 3.96. The normalized spacial score (nSPS) is 8.94. The predicted molar refractivity (Wildman–Crippen MR) is 138 cm³/mol. The van der Waals surface area contributed by atoms with Crippen molar-refractivity contribution in [2.24, 2.45) is 5.10 Å². The van der Waals surface area contributed by atoms with E-state index in [1.807, 2.05) is 0 Å². The van der Waals surface area contributed by atoms with Crippen LogP contribution in [0, 0.1) is 0 Å². The maximum absolute atomic E-state index is 12.3. The third-order valence-electron chi connectivity index (χ3n) is 3.82. The highest BCUT2D eigenvalue weighted by molar-refractivity contribution is 6.02. The van der Waals surface area contributed by atoms with Gasteiger partial charge < -0.3 is 9.47 Å². The van der Waals surface area contributed by atoms with Crippen molar-refractivity contribution in [2.75, 3.05) is 14.2 Å². The highest BCUT2D eigenvalue weighted by Gasteiger charge is 2.12. The molecule has 0 radical (unpaired) electrons. The van der Waals surface area contributed by atoms with E-state index < -0.39 is 5.91 Å². The second-order valence-electron chi connectivity index (χ2n) is 6.43. The Hall–Kier alpha value is -4.84. The molecule has 180 valence electrons. The van der Waals surface area contributed by atoms with Crippen molar-refractivity contribution in [1.82, 2.24) is 10.4 Å². The molecule has 0 unspecified atom stereocenters. The number of Topliss-reactive ketones (excluding diaryl/α,β-unsaturated/α-hetero) is 1. The van der Waals surface area contributed by atoms with Crippen LogP contribution >= 0.6 is 0 Å². The van der Waals surface area contributed by atoms with E-state index >= 15 is 0 Å². The lowest BCUT2D eigenvalue weighted by molar-refractivity contribution is -0.117. The summed E-state index contributed by atoms with van der Waals surface area (Å²) in [4.78, 5) is 28.1. The molecule has 2 rings (SSSR count). The number of methoxy groups -OCH3 is 2. The van der Waals surface area contributed by atoms with E-state index in [4.69, 9.17) is 9.47 Å². The quantitative estimate of drug-likeness (QED) is 0.340. The van der Waals surface area contributed by atoms with Crippen molar-refractivity contribution in [2.45, 2.75) is 19.8 Å². The molecule has 1 aromatic heterocycles. The highest BCUT2D eigenvalue weighted by Crippen LogP contribution is 2.25. The minimum absolute atomic E-state index is 0.0400. The van der Waals surface area contributed by atoms with Crippen LogP contribution < -0.4 is 14.9 Å². The lowest BCUT2D eigenvalue weighted by Crippen LogP contribution is -2.21. The number of pyridine rings is 1. The molecule has 0 aliphatic heterocycles. The number of amides is 1. The lowest BCUT2D eigenvalue weighted by atomic mass is 10.0. The van der Waals surface area contributed by atoms with Crippen LogP contribution in [0.3, 0.4) is 0 Å². The van der Waals surface area contributed by atoms with Crippen LogP contribution in [0.25, 0.3) is 0 Å². The van der Waals surface area contributed by atoms with Gasteiger partial charge in [-0.25, -0.2) is 5.43 Å². The highest BCUT2D eigenvalue weighted by atomic mass is 16.5. The zero-order valence-corrected chi connectivity index (χ0v) is 20.3. The topological polar surface area (TPSA) is 89.9 Å². The summed E-state index contributed by atoms with van der Waals surface area (Å²) in [5.74, 6) is 0.791. The SMILES string of the molecule is C=C=C.C=C=C=C=C=C.COc1ccc(CC(=O)C/C(C)=N/NC(=O)c2ccccn2)c(OC)c1. The number of hydrogen-bond donors (Lipinski definition) is 1. The first-order valence-electron chi connectivity index (χ1n) is 10.2. The molecule has 1 aromatic carbocycles. The van der Waals surface area contributed by atoms with E-state index in [9.17, 15) is 9.59 Å². The molecule has 35 heavy (non-hydrogen) atoms. The van der Waals surface area contributed by atoms with Gasteiger partial charge in [0.25, 0.3) is 5.91 Å². The molecule has 0 saturated heterocycles.